The zero-order valence-electron chi connectivity index (χ0n) is 15.1. The van der Waals surface area contributed by atoms with Crippen LogP contribution in [0.2, 0.25) is 0 Å². The Bertz CT molecular complexity index is 797. The molecule has 142 valence electrons. The van der Waals surface area contributed by atoms with Crippen LogP contribution in [-0.2, 0) is 19.6 Å². The number of piperidine rings is 2. The second-order valence-corrected chi connectivity index (χ2v) is 8.80. The number of hydrogen-bond acceptors (Lipinski definition) is 5. The molecule has 0 spiro atoms. The number of hydrogen-bond donors (Lipinski definition) is 0. The molecule has 7 nitrogen and oxygen atoms in total. The number of nitrogens with zero attached hydrogens (tertiary/aromatic N) is 2. The van der Waals surface area contributed by atoms with Crippen molar-refractivity contribution < 1.29 is 22.7 Å². The predicted molar refractivity (Wildman–Crippen MR) is 96.5 cm³/mol. The monoisotopic (exact) mass is 380 g/mol. The lowest BCUT2D eigenvalue weighted by atomic mass is 10.0. The first kappa shape index (κ1) is 18.8. The Labute approximate surface area is 154 Å². The number of methoxy groups -OCH3 is 1. The molecule has 2 aliphatic rings. The molecule has 1 aromatic rings. The quantitative estimate of drug-likeness (QED) is 0.748. The summed E-state index contributed by atoms with van der Waals surface area (Å²) in [5.41, 5.74) is 0.282. The maximum Gasteiger partial charge on any atom is 0.246 e. The highest BCUT2D eigenvalue weighted by molar-refractivity contribution is 7.89. The summed E-state index contributed by atoms with van der Waals surface area (Å²) in [5.74, 6) is 0.102. The lowest BCUT2D eigenvalue weighted by molar-refractivity contribution is -0.129. The first-order valence-electron chi connectivity index (χ1n) is 8.88. The van der Waals surface area contributed by atoms with Gasteiger partial charge in [-0.05, 0) is 43.4 Å². The highest BCUT2D eigenvalue weighted by Crippen LogP contribution is 2.34. The van der Waals surface area contributed by atoms with Crippen LogP contribution < -0.4 is 9.64 Å². The minimum Gasteiger partial charge on any atom is -0.495 e. The van der Waals surface area contributed by atoms with E-state index in [2.05, 4.69) is 6.92 Å². The Morgan fingerprint density at radius 1 is 1.08 bits per heavy atom. The van der Waals surface area contributed by atoms with Crippen molar-refractivity contribution in [3.63, 3.8) is 0 Å². The zero-order chi connectivity index (χ0) is 18.9. The zero-order valence-corrected chi connectivity index (χ0v) is 15.9. The number of carbonyl (C=O) groups excluding carboxylic acids is 2. The molecule has 1 aromatic carbocycles. The Balaban J connectivity index is 2.00. The molecule has 0 atom stereocenters. The number of amides is 2. The molecule has 0 aromatic heterocycles. The average molecular weight is 380 g/mol. The van der Waals surface area contributed by atoms with Gasteiger partial charge in [0.2, 0.25) is 21.8 Å². The van der Waals surface area contributed by atoms with Crippen LogP contribution >= 0.6 is 0 Å². The molecule has 0 radical (unpaired) electrons. The van der Waals surface area contributed by atoms with Gasteiger partial charge in [-0.15, -0.1) is 0 Å². The molecule has 2 amide bonds. The van der Waals surface area contributed by atoms with E-state index in [1.54, 1.807) is 6.07 Å². The molecule has 0 saturated carbocycles. The minimum absolute atomic E-state index is 0.00164. The van der Waals surface area contributed by atoms with E-state index in [0.29, 0.717) is 25.4 Å². The fraction of sp³-hybridized carbons (Fsp3) is 0.556. The SMILES string of the molecule is COc1ccc(N2C(=O)CCCC2=O)cc1S(=O)(=O)N1CCC(C)CC1. The maximum atomic E-state index is 13.1. The van der Waals surface area contributed by atoms with Gasteiger partial charge in [0, 0.05) is 25.9 Å². The van der Waals surface area contributed by atoms with Crippen molar-refractivity contribution in [3.8, 4) is 5.75 Å². The summed E-state index contributed by atoms with van der Waals surface area (Å²) < 4.78 is 33.0. The summed E-state index contributed by atoms with van der Waals surface area (Å²) in [5, 5.41) is 0. The van der Waals surface area contributed by atoms with E-state index in [1.165, 1.54) is 23.5 Å². The molecule has 0 unspecified atom stereocenters. The third-order valence-electron chi connectivity index (χ3n) is 5.05. The van der Waals surface area contributed by atoms with E-state index in [1.807, 2.05) is 0 Å². The predicted octanol–water partition coefficient (Wildman–Crippen LogP) is 2.16. The highest BCUT2D eigenvalue weighted by Gasteiger charge is 2.33. The molecular weight excluding hydrogens is 356 g/mol. The number of imide groups is 1. The van der Waals surface area contributed by atoms with Crippen molar-refractivity contribution >= 4 is 27.5 Å². The fourth-order valence-electron chi connectivity index (χ4n) is 3.41. The first-order valence-corrected chi connectivity index (χ1v) is 10.3. The number of rotatable bonds is 4. The summed E-state index contributed by atoms with van der Waals surface area (Å²) in [6.07, 6.45) is 2.71. The molecule has 2 heterocycles. The molecule has 2 fully saturated rings. The van der Waals surface area contributed by atoms with Gasteiger partial charge in [-0.25, -0.2) is 8.42 Å². The molecule has 0 bridgehead atoms. The van der Waals surface area contributed by atoms with E-state index >= 15 is 0 Å². The van der Waals surface area contributed by atoms with Crippen LogP contribution in [0.25, 0.3) is 0 Å². The van der Waals surface area contributed by atoms with Crippen LogP contribution in [0, 0.1) is 5.92 Å². The molecule has 0 aliphatic carbocycles. The average Bonchev–Trinajstić information content (AvgIpc) is 2.62. The summed E-state index contributed by atoms with van der Waals surface area (Å²) >= 11 is 0. The molecular formula is C18H24N2O5S. The third kappa shape index (κ3) is 3.48. The molecule has 3 rings (SSSR count). The molecule has 0 N–H and O–H groups in total. The van der Waals surface area contributed by atoms with E-state index in [0.717, 1.165) is 17.7 Å². The van der Waals surface area contributed by atoms with Crippen LogP contribution in [-0.4, -0.2) is 44.7 Å². The van der Waals surface area contributed by atoms with Gasteiger partial charge in [0.1, 0.15) is 10.6 Å². The Hall–Kier alpha value is -1.93. The number of carbonyl (C=O) groups is 2. The van der Waals surface area contributed by atoms with Crippen LogP contribution in [0.5, 0.6) is 5.75 Å². The largest absolute Gasteiger partial charge is 0.495 e. The van der Waals surface area contributed by atoms with Crippen LogP contribution in [0.15, 0.2) is 23.1 Å². The summed E-state index contributed by atoms with van der Waals surface area (Å²) in [4.78, 5) is 25.4. The van der Waals surface area contributed by atoms with Gasteiger partial charge >= 0.3 is 0 Å². The van der Waals surface area contributed by atoms with Crippen LogP contribution in [0.3, 0.4) is 0 Å². The van der Waals surface area contributed by atoms with Gasteiger partial charge in [0.05, 0.1) is 12.8 Å². The highest BCUT2D eigenvalue weighted by atomic mass is 32.2. The van der Waals surface area contributed by atoms with Crippen molar-refractivity contribution in [1.82, 2.24) is 4.31 Å². The van der Waals surface area contributed by atoms with Crippen molar-refractivity contribution in [2.75, 3.05) is 25.1 Å². The minimum atomic E-state index is -3.77. The standard InChI is InChI=1S/C18H24N2O5S/c1-13-8-10-19(11-9-13)26(23,24)16-12-14(6-7-15(16)25-2)20-17(21)4-3-5-18(20)22/h6-7,12-13H,3-5,8-11H2,1-2H3. The van der Waals surface area contributed by atoms with Gasteiger partial charge in [0.15, 0.2) is 0 Å². The Morgan fingerprint density at radius 2 is 1.69 bits per heavy atom. The second kappa shape index (κ2) is 7.36. The van der Waals surface area contributed by atoms with Crippen molar-refractivity contribution in [3.05, 3.63) is 18.2 Å². The summed E-state index contributed by atoms with van der Waals surface area (Å²) in [7, 11) is -2.36. The topological polar surface area (TPSA) is 84.0 Å². The van der Waals surface area contributed by atoms with Crippen molar-refractivity contribution in [2.24, 2.45) is 5.92 Å². The lowest BCUT2D eigenvalue weighted by Gasteiger charge is -2.30. The van der Waals surface area contributed by atoms with E-state index < -0.39 is 10.0 Å². The Kier molecular flexibility index (Phi) is 5.34. The van der Waals surface area contributed by atoms with Crippen LogP contribution in [0.1, 0.15) is 39.0 Å². The van der Waals surface area contributed by atoms with Gasteiger partial charge in [-0.2, -0.15) is 4.31 Å². The number of ether oxygens (including phenoxy) is 1. The van der Waals surface area contributed by atoms with E-state index in [4.69, 9.17) is 4.74 Å². The van der Waals surface area contributed by atoms with Gasteiger partial charge in [-0.3, -0.25) is 14.5 Å². The third-order valence-corrected chi connectivity index (χ3v) is 6.97. The van der Waals surface area contributed by atoms with Crippen molar-refractivity contribution in [1.29, 1.82) is 0 Å². The molecule has 26 heavy (non-hydrogen) atoms. The first-order chi connectivity index (χ1) is 12.3. The normalized spacial score (nSPS) is 20.5. The van der Waals surface area contributed by atoms with Crippen molar-refractivity contribution in [2.45, 2.75) is 43.9 Å². The van der Waals surface area contributed by atoms with Crippen LogP contribution in [0.4, 0.5) is 5.69 Å². The summed E-state index contributed by atoms with van der Waals surface area (Å²) in [6.45, 7) is 3.02. The number of sulfonamides is 1. The van der Waals surface area contributed by atoms with Gasteiger partial charge in [-0.1, -0.05) is 6.92 Å². The maximum absolute atomic E-state index is 13.1. The number of anilines is 1. The van der Waals surface area contributed by atoms with Gasteiger partial charge in [0.25, 0.3) is 0 Å². The molecule has 2 saturated heterocycles. The fourth-order valence-corrected chi connectivity index (χ4v) is 5.06. The molecule has 8 heteroatoms. The van der Waals surface area contributed by atoms with E-state index in [-0.39, 0.29) is 41.0 Å². The molecule has 2 aliphatic heterocycles. The van der Waals surface area contributed by atoms with Gasteiger partial charge < -0.3 is 4.74 Å². The second-order valence-electron chi connectivity index (χ2n) is 6.90. The number of benzene rings is 1. The Morgan fingerprint density at radius 3 is 2.27 bits per heavy atom. The summed E-state index contributed by atoms with van der Waals surface area (Å²) in [6, 6.07) is 4.44. The smallest absolute Gasteiger partial charge is 0.246 e. The lowest BCUT2D eigenvalue weighted by Crippen LogP contribution is -2.40. The van der Waals surface area contributed by atoms with E-state index in [9.17, 15) is 18.0 Å².